The summed E-state index contributed by atoms with van der Waals surface area (Å²) in [5, 5.41) is 0. The zero-order valence-electron chi connectivity index (χ0n) is 13.4. The lowest BCUT2D eigenvalue weighted by atomic mass is 9.70. The Kier molecular flexibility index (Phi) is 3.56. The standard InChI is InChI=1S/C20H25NO/c1-14-5-2-3-7-18(14)19-8-4-6-15-12-21(13-20(15)19)16-9-10-17(22)11-16/h2-3,5,7,11,15,19-20H,4,6,8-10,12-13H2,1H3/t15?,19?,20-/m1/s1. The minimum atomic E-state index is 0.320. The van der Waals surface area contributed by atoms with Gasteiger partial charge in [-0.3, -0.25) is 4.79 Å². The Labute approximate surface area is 133 Å². The summed E-state index contributed by atoms with van der Waals surface area (Å²) in [6.45, 7) is 4.58. The lowest BCUT2D eigenvalue weighted by Crippen LogP contribution is -2.26. The molecule has 2 fully saturated rings. The van der Waals surface area contributed by atoms with E-state index in [0.29, 0.717) is 11.7 Å². The van der Waals surface area contributed by atoms with Gasteiger partial charge in [-0.1, -0.05) is 30.7 Å². The smallest absolute Gasteiger partial charge is 0.157 e. The van der Waals surface area contributed by atoms with Crippen molar-refractivity contribution in [2.75, 3.05) is 13.1 Å². The Hall–Kier alpha value is -1.57. The predicted octanol–water partition coefficient (Wildman–Crippen LogP) is 4.06. The number of hydrogen-bond donors (Lipinski definition) is 0. The zero-order valence-corrected chi connectivity index (χ0v) is 13.4. The van der Waals surface area contributed by atoms with Crippen LogP contribution in [0.25, 0.3) is 0 Å². The van der Waals surface area contributed by atoms with Gasteiger partial charge in [0.2, 0.25) is 0 Å². The molecule has 0 amide bonds. The highest BCUT2D eigenvalue weighted by molar-refractivity contribution is 5.92. The second kappa shape index (κ2) is 5.57. The van der Waals surface area contributed by atoms with Crippen molar-refractivity contribution in [3.05, 3.63) is 47.2 Å². The third-order valence-corrected chi connectivity index (χ3v) is 6.05. The van der Waals surface area contributed by atoms with Gasteiger partial charge >= 0.3 is 0 Å². The highest BCUT2D eigenvalue weighted by Gasteiger charge is 2.41. The third kappa shape index (κ3) is 2.39. The molecule has 1 aliphatic heterocycles. The number of carbonyl (C=O) groups is 1. The molecule has 0 aromatic heterocycles. The van der Waals surface area contributed by atoms with Gasteiger partial charge in [0.15, 0.2) is 5.78 Å². The van der Waals surface area contributed by atoms with Gasteiger partial charge < -0.3 is 4.90 Å². The average molecular weight is 295 g/mol. The first-order chi connectivity index (χ1) is 10.7. The van der Waals surface area contributed by atoms with Crippen LogP contribution in [-0.2, 0) is 4.79 Å². The molecule has 2 unspecified atom stereocenters. The van der Waals surface area contributed by atoms with Crippen LogP contribution in [0.3, 0.4) is 0 Å². The van der Waals surface area contributed by atoms with Gasteiger partial charge in [0.25, 0.3) is 0 Å². The van der Waals surface area contributed by atoms with E-state index in [1.807, 2.05) is 6.08 Å². The van der Waals surface area contributed by atoms with Crippen LogP contribution >= 0.6 is 0 Å². The van der Waals surface area contributed by atoms with Crippen molar-refractivity contribution in [1.29, 1.82) is 0 Å². The molecule has 0 radical (unpaired) electrons. The molecule has 1 aromatic rings. The summed E-state index contributed by atoms with van der Waals surface area (Å²) >= 11 is 0. The van der Waals surface area contributed by atoms with Gasteiger partial charge in [-0.2, -0.15) is 0 Å². The first-order valence-electron chi connectivity index (χ1n) is 8.76. The van der Waals surface area contributed by atoms with E-state index in [4.69, 9.17) is 0 Å². The summed E-state index contributed by atoms with van der Waals surface area (Å²) < 4.78 is 0. The van der Waals surface area contributed by atoms with Crippen LogP contribution in [0.2, 0.25) is 0 Å². The van der Waals surface area contributed by atoms with E-state index in [-0.39, 0.29) is 0 Å². The molecule has 4 rings (SSSR count). The van der Waals surface area contributed by atoms with E-state index >= 15 is 0 Å². The van der Waals surface area contributed by atoms with Gasteiger partial charge in [0, 0.05) is 31.3 Å². The monoisotopic (exact) mass is 295 g/mol. The molecule has 0 N–H and O–H groups in total. The minimum absolute atomic E-state index is 0.320. The highest BCUT2D eigenvalue weighted by atomic mass is 16.1. The minimum Gasteiger partial charge on any atom is -0.374 e. The fourth-order valence-electron chi connectivity index (χ4n) is 4.93. The molecule has 1 saturated heterocycles. The number of fused-ring (bicyclic) bond motifs is 1. The zero-order chi connectivity index (χ0) is 15.1. The molecule has 2 heteroatoms. The maximum atomic E-state index is 11.6. The van der Waals surface area contributed by atoms with Crippen molar-refractivity contribution in [2.45, 2.75) is 44.9 Å². The molecule has 3 atom stereocenters. The van der Waals surface area contributed by atoms with Crippen LogP contribution in [0.15, 0.2) is 36.0 Å². The SMILES string of the molecule is Cc1ccccc1C1CCCC2CN(C3=CC(=O)CC3)C[C@H]21. The van der Waals surface area contributed by atoms with Crippen LogP contribution in [0.1, 0.15) is 49.1 Å². The molecule has 2 nitrogen and oxygen atoms in total. The van der Waals surface area contributed by atoms with Crippen LogP contribution in [-0.4, -0.2) is 23.8 Å². The van der Waals surface area contributed by atoms with Gasteiger partial charge in [0.05, 0.1) is 0 Å². The number of rotatable bonds is 2. The van der Waals surface area contributed by atoms with Crippen molar-refractivity contribution < 1.29 is 4.79 Å². The number of benzene rings is 1. The lowest BCUT2D eigenvalue weighted by Gasteiger charge is -2.34. The van der Waals surface area contributed by atoms with Crippen molar-refractivity contribution in [1.82, 2.24) is 4.90 Å². The van der Waals surface area contributed by atoms with E-state index in [1.54, 1.807) is 5.56 Å². The molecule has 0 bridgehead atoms. The maximum Gasteiger partial charge on any atom is 0.157 e. The van der Waals surface area contributed by atoms with Gasteiger partial charge in [-0.15, -0.1) is 0 Å². The van der Waals surface area contributed by atoms with Crippen molar-refractivity contribution in [3.8, 4) is 0 Å². The maximum absolute atomic E-state index is 11.6. The summed E-state index contributed by atoms with van der Waals surface area (Å²) in [5.41, 5.74) is 4.32. The van der Waals surface area contributed by atoms with Crippen LogP contribution in [0, 0.1) is 18.8 Å². The molecular weight excluding hydrogens is 270 g/mol. The van der Waals surface area contributed by atoms with Gasteiger partial charge in [-0.25, -0.2) is 0 Å². The van der Waals surface area contributed by atoms with Crippen LogP contribution in [0.4, 0.5) is 0 Å². The summed E-state index contributed by atoms with van der Waals surface area (Å²) in [7, 11) is 0. The summed E-state index contributed by atoms with van der Waals surface area (Å²) in [6.07, 6.45) is 7.64. The Bertz CT molecular complexity index is 618. The molecule has 1 heterocycles. The topological polar surface area (TPSA) is 20.3 Å². The van der Waals surface area contributed by atoms with Gasteiger partial charge in [-0.05, 0) is 55.1 Å². The summed E-state index contributed by atoms with van der Waals surface area (Å²) in [5.74, 6) is 2.62. The number of ketones is 1. The second-order valence-corrected chi connectivity index (χ2v) is 7.32. The Morgan fingerprint density at radius 3 is 2.73 bits per heavy atom. The van der Waals surface area contributed by atoms with Crippen molar-refractivity contribution in [3.63, 3.8) is 0 Å². The molecule has 22 heavy (non-hydrogen) atoms. The first kappa shape index (κ1) is 14.0. The Morgan fingerprint density at radius 2 is 1.95 bits per heavy atom. The quantitative estimate of drug-likeness (QED) is 0.820. The third-order valence-electron chi connectivity index (χ3n) is 6.05. The average Bonchev–Trinajstić information content (AvgIpc) is 3.13. The van der Waals surface area contributed by atoms with Crippen LogP contribution in [0.5, 0.6) is 0 Å². The predicted molar refractivity (Wildman–Crippen MR) is 88.6 cm³/mol. The van der Waals surface area contributed by atoms with E-state index in [9.17, 15) is 4.79 Å². The molecule has 1 aromatic carbocycles. The molecule has 116 valence electrons. The van der Waals surface area contributed by atoms with Crippen molar-refractivity contribution >= 4 is 5.78 Å². The largest absolute Gasteiger partial charge is 0.374 e. The number of likely N-dealkylation sites (tertiary alicyclic amines) is 1. The molecule has 1 saturated carbocycles. The number of hydrogen-bond acceptors (Lipinski definition) is 2. The summed E-state index contributed by atoms with van der Waals surface area (Å²) in [4.78, 5) is 14.1. The molecular formula is C20H25NO. The highest BCUT2D eigenvalue weighted by Crippen LogP contribution is 2.47. The fourth-order valence-corrected chi connectivity index (χ4v) is 4.93. The first-order valence-corrected chi connectivity index (χ1v) is 8.76. The molecule has 3 aliphatic rings. The van der Waals surface area contributed by atoms with E-state index in [0.717, 1.165) is 31.2 Å². The summed E-state index contributed by atoms with van der Waals surface area (Å²) in [6, 6.07) is 8.93. The van der Waals surface area contributed by atoms with E-state index in [1.165, 1.54) is 37.1 Å². The van der Waals surface area contributed by atoms with Crippen LogP contribution < -0.4 is 0 Å². The van der Waals surface area contributed by atoms with E-state index in [2.05, 4.69) is 36.1 Å². The van der Waals surface area contributed by atoms with Gasteiger partial charge in [0.1, 0.15) is 0 Å². The second-order valence-electron chi connectivity index (χ2n) is 7.32. The number of nitrogens with zero attached hydrogens (tertiary/aromatic N) is 1. The normalized spacial score (nSPS) is 31.3. The Balaban J connectivity index is 1.58. The number of allylic oxidation sites excluding steroid dienone is 2. The number of aryl methyl sites for hydroxylation is 1. The molecule has 0 spiro atoms. The van der Waals surface area contributed by atoms with Crippen molar-refractivity contribution in [2.24, 2.45) is 11.8 Å². The molecule has 2 aliphatic carbocycles. The number of carbonyl (C=O) groups excluding carboxylic acids is 1. The lowest BCUT2D eigenvalue weighted by molar-refractivity contribution is -0.114. The van der Waals surface area contributed by atoms with E-state index < -0.39 is 0 Å². The Morgan fingerprint density at radius 1 is 1.09 bits per heavy atom. The fraction of sp³-hybridized carbons (Fsp3) is 0.550.